The molecule has 5 rings (SSSR count). The fraction of sp³-hybridized carbons (Fsp3) is 0.208. The number of amides is 1. The summed E-state index contributed by atoms with van der Waals surface area (Å²) in [5, 5.41) is 17.6. The maximum Gasteiger partial charge on any atom is 0.255 e. The predicted molar refractivity (Wildman–Crippen MR) is 126 cm³/mol. The average molecular weight is 443 g/mol. The van der Waals surface area contributed by atoms with E-state index in [-0.39, 0.29) is 5.91 Å². The van der Waals surface area contributed by atoms with E-state index < -0.39 is 0 Å². The number of fused-ring (bicyclic) bond motifs is 1. The molecule has 160 valence electrons. The Labute approximate surface area is 189 Å². The van der Waals surface area contributed by atoms with Gasteiger partial charge < -0.3 is 10.6 Å². The molecule has 0 spiro atoms. The highest BCUT2D eigenvalue weighted by molar-refractivity contribution is 7.15. The number of anilines is 1. The largest absolute Gasteiger partial charge is 0.321 e. The number of thiazole rings is 1. The maximum atomic E-state index is 12.8. The van der Waals surface area contributed by atoms with Gasteiger partial charge in [-0.05, 0) is 24.3 Å². The molecule has 2 aromatic carbocycles. The number of rotatable bonds is 5. The molecule has 2 aromatic heterocycles. The molecular weight excluding hydrogens is 420 g/mol. The van der Waals surface area contributed by atoms with Crippen LogP contribution in [0.4, 0.5) is 5.69 Å². The first-order chi connectivity index (χ1) is 15.7. The molecule has 1 saturated heterocycles. The molecule has 0 unspecified atom stereocenters. The number of nitrogens with one attached hydrogen (secondary N) is 2. The highest BCUT2D eigenvalue weighted by Gasteiger charge is 2.17. The van der Waals surface area contributed by atoms with Crippen molar-refractivity contribution >= 4 is 27.9 Å². The van der Waals surface area contributed by atoms with Crippen LogP contribution in [-0.4, -0.2) is 46.4 Å². The van der Waals surface area contributed by atoms with Gasteiger partial charge in [0.25, 0.3) is 5.91 Å². The summed E-state index contributed by atoms with van der Waals surface area (Å²) in [6, 6.07) is 16.4. The first-order valence-corrected chi connectivity index (χ1v) is 11.4. The minimum Gasteiger partial charge on any atom is -0.321 e. The molecule has 2 N–H and O–H groups in total. The van der Waals surface area contributed by atoms with Crippen molar-refractivity contribution in [3.63, 3.8) is 0 Å². The van der Waals surface area contributed by atoms with Gasteiger partial charge in [0.05, 0.1) is 23.0 Å². The van der Waals surface area contributed by atoms with Gasteiger partial charge in [-0.2, -0.15) is 5.26 Å². The zero-order chi connectivity index (χ0) is 21.9. The molecule has 0 atom stereocenters. The summed E-state index contributed by atoms with van der Waals surface area (Å²) in [7, 11) is 0. The zero-order valence-corrected chi connectivity index (χ0v) is 18.2. The molecule has 0 aliphatic carbocycles. The fourth-order valence-electron chi connectivity index (χ4n) is 3.91. The molecule has 0 saturated carbocycles. The molecule has 7 nitrogen and oxygen atoms in total. The summed E-state index contributed by atoms with van der Waals surface area (Å²) >= 11 is 1.63. The Bertz CT molecular complexity index is 1310. The molecular formula is C24H22N6OS. The summed E-state index contributed by atoms with van der Waals surface area (Å²) in [6.07, 6.45) is 2.05. The maximum absolute atomic E-state index is 12.8. The van der Waals surface area contributed by atoms with Gasteiger partial charge in [0.2, 0.25) is 0 Å². The van der Waals surface area contributed by atoms with E-state index in [9.17, 15) is 4.79 Å². The molecule has 1 amide bonds. The van der Waals surface area contributed by atoms with Gasteiger partial charge in [-0.1, -0.05) is 24.3 Å². The van der Waals surface area contributed by atoms with Gasteiger partial charge >= 0.3 is 0 Å². The third-order valence-corrected chi connectivity index (χ3v) is 6.47. The molecule has 1 aliphatic heterocycles. The lowest BCUT2D eigenvalue weighted by Gasteiger charge is -2.26. The van der Waals surface area contributed by atoms with E-state index in [1.165, 1.54) is 5.69 Å². The topological polar surface area (TPSA) is 85.5 Å². The van der Waals surface area contributed by atoms with Gasteiger partial charge in [0.15, 0.2) is 4.96 Å². The molecule has 32 heavy (non-hydrogen) atoms. The second-order valence-corrected chi connectivity index (χ2v) is 8.56. The quantitative estimate of drug-likeness (QED) is 0.493. The number of piperazine rings is 1. The van der Waals surface area contributed by atoms with E-state index in [1.54, 1.807) is 35.6 Å². The van der Waals surface area contributed by atoms with Crippen molar-refractivity contribution < 1.29 is 4.79 Å². The lowest BCUT2D eigenvalue weighted by Crippen LogP contribution is -2.43. The van der Waals surface area contributed by atoms with E-state index in [0.29, 0.717) is 16.8 Å². The van der Waals surface area contributed by atoms with Gasteiger partial charge in [-0.3, -0.25) is 14.1 Å². The molecule has 4 aromatic rings. The number of carbonyl (C=O) groups excluding carboxylic acids is 1. The standard InChI is InChI=1S/C24H22N6OS/c25-13-17-4-3-5-18(12-17)23(31)27-21-7-2-1-6-20(21)22-15-30-19(16-32-24(30)28-22)14-29-10-8-26-9-11-29/h1-7,12,15-16,26H,8-11,14H2,(H,27,31). The zero-order valence-electron chi connectivity index (χ0n) is 17.4. The third-order valence-electron chi connectivity index (χ3n) is 5.58. The van der Waals surface area contributed by atoms with E-state index >= 15 is 0 Å². The average Bonchev–Trinajstić information content (AvgIpc) is 3.42. The van der Waals surface area contributed by atoms with Crippen molar-refractivity contribution in [1.82, 2.24) is 19.6 Å². The van der Waals surface area contributed by atoms with Crippen LogP contribution in [0.15, 0.2) is 60.1 Å². The SMILES string of the molecule is N#Cc1cccc(C(=O)Nc2ccccc2-c2cn3c(CN4CCNCC4)csc3n2)c1. The third kappa shape index (κ3) is 4.14. The summed E-state index contributed by atoms with van der Waals surface area (Å²) in [4.78, 5) is 21.0. The highest BCUT2D eigenvalue weighted by atomic mass is 32.1. The second-order valence-electron chi connectivity index (χ2n) is 7.72. The number of carbonyl (C=O) groups is 1. The summed E-state index contributed by atoms with van der Waals surface area (Å²) < 4.78 is 2.15. The van der Waals surface area contributed by atoms with Crippen LogP contribution in [0, 0.1) is 11.3 Å². The summed E-state index contributed by atoms with van der Waals surface area (Å²) in [5.41, 5.74) is 4.50. The van der Waals surface area contributed by atoms with Crippen LogP contribution in [-0.2, 0) is 6.54 Å². The van der Waals surface area contributed by atoms with Crippen molar-refractivity contribution in [2.45, 2.75) is 6.54 Å². The minimum atomic E-state index is -0.255. The van der Waals surface area contributed by atoms with E-state index in [2.05, 4.69) is 31.4 Å². The van der Waals surface area contributed by atoms with E-state index in [0.717, 1.165) is 48.9 Å². The van der Waals surface area contributed by atoms with Crippen LogP contribution in [0.2, 0.25) is 0 Å². The van der Waals surface area contributed by atoms with Crippen LogP contribution in [0.3, 0.4) is 0 Å². The van der Waals surface area contributed by atoms with Gasteiger partial charge in [-0.25, -0.2) is 4.98 Å². The molecule has 1 aliphatic rings. The van der Waals surface area contributed by atoms with Crippen molar-refractivity contribution in [2.75, 3.05) is 31.5 Å². The van der Waals surface area contributed by atoms with Crippen LogP contribution in [0.5, 0.6) is 0 Å². The minimum absolute atomic E-state index is 0.255. The molecule has 3 heterocycles. The van der Waals surface area contributed by atoms with E-state index in [4.69, 9.17) is 10.2 Å². The Hall–Kier alpha value is -3.51. The smallest absolute Gasteiger partial charge is 0.255 e. The Morgan fingerprint density at radius 2 is 2.03 bits per heavy atom. The van der Waals surface area contributed by atoms with Crippen molar-refractivity contribution in [2.24, 2.45) is 0 Å². The normalized spacial score (nSPS) is 14.3. The first kappa shape index (κ1) is 20.4. The Balaban J connectivity index is 1.42. The Morgan fingerprint density at radius 1 is 1.19 bits per heavy atom. The number of hydrogen-bond acceptors (Lipinski definition) is 6. The lowest BCUT2D eigenvalue weighted by molar-refractivity contribution is 0.102. The number of benzene rings is 2. The number of para-hydroxylation sites is 1. The van der Waals surface area contributed by atoms with Crippen LogP contribution >= 0.6 is 11.3 Å². The van der Waals surface area contributed by atoms with Crippen LogP contribution in [0.1, 0.15) is 21.6 Å². The van der Waals surface area contributed by atoms with Crippen molar-refractivity contribution in [1.29, 1.82) is 5.26 Å². The van der Waals surface area contributed by atoms with Crippen LogP contribution < -0.4 is 10.6 Å². The monoisotopic (exact) mass is 442 g/mol. The van der Waals surface area contributed by atoms with Crippen LogP contribution in [0.25, 0.3) is 16.2 Å². The number of aromatic nitrogens is 2. The summed E-state index contributed by atoms with van der Waals surface area (Å²) in [6.45, 7) is 5.02. The second kappa shape index (κ2) is 8.93. The van der Waals surface area contributed by atoms with Crippen molar-refractivity contribution in [3.8, 4) is 17.3 Å². The Morgan fingerprint density at radius 3 is 2.88 bits per heavy atom. The first-order valence-electron chi connectivity index (χ1n) is 10.5. The molecule has 1 fully saturated rings. The van der Waals surface area contributed by atoms with Gasteiger partial charge in [0.1, 0.15) is 0 Å². The number of nitrogens with zero attached hydrogens (tertiary/aromatic N) is 4. The Kier molecular flexibility index (Phi) is 5.69. The van der Waals surface area contributed by atoms with Gasteiger partial charge in [0, 0.05) is 61.1 Å². The van der Waals surface area contributed by atoms with E-state index in [1.807, 2.05) is 30.5 Å². The highest BCUT2D eigenvalue weighted by Crippen LogP contribution is 2.30. The lowest BCUT2D eigenvalue weighted by atomic mass is 10.1. The molecule has 0 bridgehead atoms. The molecule has 8 heteroatoms. The number of hydrogen-bond donors (Lipinski definition) is 2. The number of imidazole rings is 1. The molecule has 0 radical (unpaired) electrons. The number of nitriles is 1. The fourth-order valence-corrected chi connectivity index (χ4v) is 4.78. The van der Waals surface area contributed by atoms with Gasteiger partial charge in [-0.15, -0.1) is 11.3 Å². The predicted octanol–water partition coefficient (Wildman–Crippen LogP) is 3.59. The summed E-state index contributed by atoms with van der Waals surface area (Å²) in [5.74, 6) is -0.255. The van der Waals surface area contributed by atoms with Crippen molar-refractivity contribution in [3.05, 3.63) is 76.9 Å².